The third-order valence-electron chi connectivity index (χ3n) is 6.76. The number of nitrogens with two attached hydrogens (primary N) is 1. The molecule has 0 spiro atoms. The fourth-order valence-electron chi connectivity index (χ4n) is 5.22. The van der Waals surface area contributed by atoms with Crippen LogP contribution >= 0.6 is 0 Å². The number of rotatable bonds is 2. The molecule has 11 nitrogen and oxygen atoms in total. The summed E-state index contributed by atoms with van der Waals surface area (Å²) in [5.74, 6) is -8.75. The van der Waals surface area contributed by atoms with E-state index >= 15 is 0 Å². The van der Waals surface area contributed by atoms with Gasteiger partial charge in [0.2, 0.25) is 5.78 Å². The molecule has 11 heteroatoms. The number of amides is 1. The molecule has 1 aromatic carbocycles. The second kappa shape index (κ2) is 6.75. The lowest BCUT2D eigenvalue weighted by Gasteiger charge is -2.55. The number of primary amides is 1. The fraction of sp³-hybridized carbons (Fsp3) is 0.318. The van der Waals surface area contributed by atoms with E-state index in [4.69, 9.17) is 5.73 Å². The summed E-state index contributed by atoms with van der Waals surface area (Å²) in [7, 11) is 2.72. The number of likely N-dealkylation sites (N-methyl/N-ethyl adjacent to an activating group) is 1. The van der Waals surface area contributed by atoms with Crippen molar-refractivity contribution in [1.29, 1.82) is 0 Å². The first-order valence-corrected chi connectivity index (χ1v) is 9.81. The van der Waals surface area contributed by atoms with Gasteiger partial charge in [-0.25, -0.2) is 0 Å². The average molecular weight is 458 g/mol. The maximum Gasteiger partial charge on any atom is 0.255 e. The van der Waals surface area contributed by atoms with Gasteiger partial charge in [-0.15, -0.1) is 0 Å². The Balaban J connectivity index is 2.13. The molecule has 5 atom stereocenters. The number of hydrogen-bond donors (Lipinski definition) is 7. The molecule has 0 bridgehead atoms. The first-order valence-electron chi connectivity index (χ1n) is 9.81. The molecule has 1 unspecified atom stereocenters. The lowest BCUT2D eigenvalue weighted by Crippen LogP contribution is -2.74. The third kappa shape index (κ3) is 2.44. The van der Waals surface area contributed by atoms with Crippen LogP contribution in [0, 0.1) is 5.92 Å². The zero-order valence-corrected chi connectivity index (χ0v) is 17.6. The Kier molecular flexibility index (Phi) is 4.64. The van der Waals surface area contributed by atoms with Gasteiger partial charge in [-0.2, -0.15) is 0 Å². The molecule has 0 heterocycles. The molecule has 0 aromatic heterocycles. The van der Waals surface area contributed by atoms with Crippen LogP contribution in [0.2, 0.25) is 0 Å². The van der Waals surface area contributed by atoms with Crippen LogP contribution in [0.3, 0.4) is 0 Å². The van der Waals surface area contributed by atoms with Crippen LogP contribution < -0.4 is 5.73 Å². The van der Waals surface area contributed by atoms with Crippen molar-refractivity contribution in [3.63, 3.8) is 0 Å². The Hall–Kier alpha value is -3.51. The van der Waals surface area contributed by atoms with Crippen molar-refractivity contribution >= 4 is 28.8 Å². The van der Waals surface area contributed by atoms with E-state index in [9.17, 15) is 45.0 Å². The Bertz CT molecular complexity index is 1230. The van der Waals surface area contributed by atoms with Gasteiger partial charge in [-0.1, -0.05) is 18.7 Å². The van der Waals surface area contributed by atoms with E-state index in [-0.39, 0.29) is 16.7 Å². The first kappa shape index (κ1) is 22.7. The van der Waals surface area contributed by atoms with E-state index in [1.165, 1.54) is 37.2 Å². The van der Waals surface area contributed by atoms with Crippen LogP contribution in [0.25, 0.3) is 11.3 Å². The van der Waals surface area contributed by atoms with E-state index < -0.39 is 75.2 Å². The number of nitrogens with zero attached hydrogens (tertiary/aromatic N) is 1. The molecule has 1 saturated carbocycles. The SMILES string of the molecule is C=C1c2cccc(O)c2C(O)=C2C(=O)[C@]3(O)C(O)=C(C(N)=O)C(=O)[C@@H](N(C)C)[C@@H]3[C@@H](O)C12O. The number of carbonyl (C=O) groups excluding carboxylic acids is 3. The number of carbonyl (C=O) groups is 3. The summed E-state index contributed by atoms with van der Waals surface area (Å²) in [5, 5.41) is 66.3. The molecule has 0 radical (unpaired) electrons. The number of fused-ring (bicyclic) bond motifs is 3. The molecule has 1 amide bonds. The molecule has 4 rings (SSSR count). The molecule has 8 N–H and O–H groups in total. The van der Waals surface area contributed by atoms with Crippen LogP contribution in [0.4, 0.5) is 0 Å². The number of aromatic hydroxyl groups is 1. The minimum absolute atomic E-state index is 0.0113. The Morgan fingerprint density at radius 2 is 1.73 bits per heavy atom. The number of phenolic OH excluding ortho intramolecular Hbond substituents is 1. The smallest absolute Gasteiger partial charge is 0.255 e. The molecular formula is C22H22N2O9. The number of aliphatic hydroxyl groups is 5. The molecular weight excluding hydrogens is 436 g/mol. The predicted octanol–water partition coefficient (Wildman–Crippen LogP) is -1.48. The summed E-state index contributed by atoms with van der Waals surface area (Å²) in [4.78, 5) is 39.8. The third-order valence-corrected chi connectivity index (χ3v) is 6.76. The standard InChI is InChI=1S/C22H22N2O9/c1-7-8-5-4-6-9(25)10(8)15(26)13-19(30)22(33)12(18(29)21(7,13)32)14(24(2)3)16(27)11(17(22)28)20(23)31/h4-6,12,14,18,25-26,28-29,32-33H,1H2,2-3H3,(H2,23,31)/t12-,14+,18-,21?,22-/m1/s1. The maximum absolute atomic E-state index is 13.7. The van der Waals surface area contributed by atoms with Gasteiger partial charge in [0.1, 0.15) is 28.4 Å². The molecule has 3 aliphatic rings. The number of aliphatic hydroxyl groups excluding tert-OH is 3. The zero-order chi connectivity index (χ0) is 24.8. The Morgan fingerprint density at radius 1 is 1.12 bits per heavy atom. The van der Waals surface area contributed by atoms with Gasteiger partial charge in [0.15, 0.2) is 11.4 Å². The van der Waals surface area contributed by atoms with E-state index in [1.807, 2.05) is 0 Å². The highest BCUT2D eigenvalue weighted by Crippen LogP contribution is 2.57. The lowest BCUT2D eigenvalue weighted by molar-refractivity contribution is -0.181. The number of phenols is 1. The quantitative estimate of drug-likeness (QED) is 0.256. The zero-order valence-electron chi connectivity index (χ0n) is 17.6. The topological polar surface area (TPSA) is 202 Å². The largest absolute Gasteiger partial charge is 0.508 e. The van der Waals surface area contributed by atoms with Gasteiger partial charge >= 0.3 is 0 Å². The van der Waals surface area contributed by atoms with Crippen molar-refractivity contribution in [3.05, 3.63) is 52.8 Å². The van der Waals surface area contributed by atoms with Crippen molar-refractivity contribution < 1.29 is 45.0 Å². The molecule has 0 saturated heterocycles. The summed E-state index contributed by atoms with van der Waals surface area (Å²) in [5.41, 5.74) is -3.19. The van der Waals surface area contributed by atoms with Gasteiger partial charge < -0.3 is 36.4 Å². The van der Waals surface area contributed by atoms with Crippen molar-refractivity contribution in [2.75, 3.05) is 14.1 Å². The summed E-state index contributed by atoms with van der Waals surface area (Å²) in [6, 6.07) is 2.37. The summed E-state index contributed by atoms with van der Waals surface area (Å²) >= 11 is 0. The molecule has 33 heavy (non-hydrogen) atoms. The highest BCUT2D eigenvalue weighted by molar-refractivity contribution is 6.25. The molecule has 1 aromatic rings. The van der Waals surface area contributed by atoms with Gasteiger partial charge in [0.25, 0.3) is 5.91 Å². The Morgan fingerprint density at radius 3 is 2.27 bits per heavy atom. The van der Waals surface area contributed by atoms with Crippen LogP contribution in [-0.2, 0) is 14.4 Å². The number of ketones is 2. The summed E-state index contributed by atoms with van der Waals surface area (Å²) < 4.78 is 0. The monoisotopic (exact) mass is 458 g/mol. The van der Waals surface area contributed by atoms with E-state index in [0.29, 0.717) is 0 Å². The van der Waals surface area contributed by atoms with Gasteiger partial charge in [-0.3, -0.25) is 19.3 Å². The van der Waals surface area contributed by atoms with Crippen LogP contribution in [0.1, 0.15) is 11.1 Å². The normalized spacial score (nSPS) is 33.8. The summed E-state index contributed by atoms with van der Waals surface area (Å²) in [6.07, 6.45) is -2.19. The van der Waals surface area contributed by atoms with Crippen LogP contribution in [0.15, 0.2) is 41.7 Å². The minimum atomic E-state index is -3.12. The van der Waals surface area contributed by atoms with E-state index in [0.717, 1.165) is 0 Å². The van der Waals surface area contributed by atoms with Crippen LogP contribution in [0.5, 0.6) is 5.75 Å². The molecule has 174 valence electrons. The molecule has 3 aliphatic carbocycles. The number of Topliss-reactive ketones (excluding diaryl/α,β-unsaturated/α-hetero) is 2. The molecule has 1 fully saturated rings. The molecule has 0 aliphatic heterocycles. The summed E-state index contributed by atoms with van der Waals surface area (Å²) in [6.45, 7) is 3.74. The van der Waals surface area contributed by atoms with Crippen molar-refractivity contribution in [1.82, 2.24) is 4.90 Å². The maximum atomic E-state index is 13.7. The highest BCUT2D eigenvalue weighted by atomic mass is 16.4. The van der Waals surface area contributed by atoms with Gasteiger partial charge in [-0.05, 0) is 31.3 Å². The second-order valence-corrected chi connectivity index (χ2v) is 8.59. The van der Waals surface area contributed by atoms with Crippen molar-refractivity contribution in [2.24, 2.45) is 11.7 Å². The van der Waals surface area contributed by atoms with Crippen molar-refractivity contribution in [3.8, 4) is 5.75 Å². The fourth-order valence-corrected chi connectivity index (χ4v) is 5.22. The lowest BCUT2D eigenvalue weighted by atomic mass is 9.53. The minimum Gasteiger partial charge on any atom is -0.508 e. The van der Waals surface area contributed by atoms with E-state index in [2.05, 4.69) is 6.58 Å². The second-order valence-electron chi connectivity index (χ2n) is 8.59. The first-order chi connectivity index (χ1) is 15.2. The predicted molar refractivity (Wildman–Crippen MR) is 112 cm³/mol. The Labute approximate surface area is 187 Å². The van der Waals surface area contributed by atoms with Gasteiger partial charge in [0, 0.05) is 0 Å². The number of hydrogen-bond acceptors (Lipinski definition) is 10. The van der Waals surface area contributed by atoms with E-state index in [1.54, 1.807) is 0 Å². The van der Waals surface area contributed by atoms with Gasteiger partial charge in [0.05, 0.1) is 29.2 Å². The average Bonchev–Trinajstić information content (AvgIpc) is 2.72. The van der Waals surface area contributed by atoms with Crippen molar-refractivity contribution in [2.45, 2.75) is 23.3 Å². The van der Waals surface area contributed by atoms with Crippen LogP contribution in [-0.4, -0.2) is 90.5 Å². The number of benzene rings is 1. The highest BCUT2D eigenvalue weighted by Gasteiger charge is 2.72.